The fourth-order valence-corrected chi connectivity index (χ4v) is 7.23. The lowest BCUT2D eigenvalue weighted by Crippen LogP contribution is -2.29. The van der Waals surface area contributed by atoms with E-state index in [1.165, 1.54) is 18.4 Å². The van der Waals surface area contributed by atoms with Crippen LogP contribution in [0.25, 0.3) is 22.3 Å². The highest BCUT2D eigenvalue weighted by molar-refractivity contribution is 5.84. The third-order valence-corrected chi connectivity index (χ3v) is 9.73. The Morgan fingerprint density at radius 2 is 1.08 bits per heavy atom. The fraction of sp³-hybridized carbons (Fsp3) is 0.455. The van der Waals surface area contributed by atoms with E-state index in [0.29, 0.717) is 17.1 Å². The zero-order chi connectivity index (χ0) is 36.9. The fourth-order valence-electron chi connectivity index (χ4n) is 7.23. The van der Waals surface area contributed by atoms with Gasteiger partial charge in [-0.05, 0) is 114 Å². The molecular formula is C44H53F3O4. The van der Waals surface area contributed by atoms with Crippen molar-refractivity contribution in [2.45, 2.75) is 125 Å². The normalized spacial score (nSPS) is 14.5. The number of fused-ring (bicyclic) bond motifs is 6. The number of benzene rings is 4. The Bertz CT molecular complexity index is 1810. The summed E-state index contributed by atoms with van der Waals surface area (Å²) in [4.78, 5) is 0. The zero-order valence-corrected chi connectivity index (χ0v) is 31.5. The molecule has 51 heavy (non-hydrogen) atoms. The number of halogens is 3. The zero-order valence-electron chi connectivity index (χ0n) is 31.5. The first-order valence-electron chi connectivity index (χ1n) is 18.4. The van der Waals surface area contributed by atoms with Gasteiger partial charge < -0.3 is 18.9 Å². The molecule has 0 fully saturated rings. The molecule has 0 saturated heterocycles. The van der Waals surface area contributed by atoms with Crippen molar-refractivity contribution in [2.75, 3.05) is 6.86 Å². The minimum Gasteiger partial charge on any atom is -0.482 e. The van der Waals surface area contributed by atoms with Crippen LogP contribution in [0, 0.1) is 13.8 Å². The number of ether oxygens (including phenoxy) is 4. The summed E-state index contributed by atoms with van der Waals surface area (Å²) in [5.41, 5.74) is 8.97. The quantitative estimate of drug-likeness (QED) is 0.138. The molecule has 0 aromatic heterocycles. The minimum absolute atomic E-state index is 0.200. The highest BCUT2D eigenvalue weighted by atomic mass is 19.3. The molecule has 0 aliphatic carbocycles. The molecule has 0 N–H and O–H groups in total. The van der Waals surface area contributed by atoms with Crippen molar-refractivity contribution >= 4 is 0 Å². The summed E-state index contributed by atoms with van der Waals surface area (Å²) < 4.78 is 62.0. The summed E-state index contributed by atoms with van der Waals surface area (Å²) in [6.45, 7) is 12.8. The molecule has 2 aliphatic heterocycles. The van der Waals surface area contributed by atoms with E-state index in [1.807, 2.05) is 51.1 Å². The number of hydrogen-bond acceptors (Lipinski definition) is 4. The molecule has 0 amide bonds. The Labute approximate surface area is 302 Å². The molecule has 2 aliphatic rings. The van der Waals surface area contributed by atoms with E-state index in [0.717, 1.165) is 88.8 Å². The SMILES string of the molecule is CCCCCc1cc(OC(F)F)c2c(c1)OC(C)(C)c1ccc(C)cc1-2.CCCCCc1cc(OCF)c2c(c1)OC(C)(C)c1ccc(C)cc1-2. The molecule has 4 nitrogen and oxygen atoms in total. The second kappa shape index (κ2) is 16.0. The van der Waals surface area contributed by atoms with Gasteiger partial charge in [0.15, 0.2) is 0 Å². The van der Waals surface area contributed by atoms with Crippen molar-refractivity contribution in [1.82, 2.24) is 0 Å². The summed E-state index contributed by atoms with van der Waals surface area (Å²) in [6, 6.07) is 20.2. The topological polar surface area (TPSA) is 36.9 Å². The predicted molar refractivity (Wildman–Crippen MR) is 200 cm³/mol. The number of aryl methyl sites for hydroxylation is 4. The van der Waals surface area contributed by atoms with E-state index in [9.17, 15) is 13.2 Å². The van der Waals surface area contributed by atoms with Crippen LogP contribution in [0.15, 0.2) is 60.7 Å². The summed E-state index contributed by atoms with van der Waals surface area (Å²) in [5.74, 6) is 2.19. The Kier molecular flexibility index (Phi) is 12.0. The highest BCUT2D eigenvalue weighted by Gasteiger charge is 2.36. The van der Waals surface area contributed by atoms with Gasteiger partial charge in [0.25, 0.3) is 0 Å². The van der Waals surface area contributed by atoms with Crippen LogP contribution in [0.4, 0.5) is 13.2 Å². The smallest absolute Gasteiger partial charge is 0.387 e. The second-order valence-corrected chi connectivity index (χ2v) is 14.8. The molecule has 0 atom stereocenters. The van der Waals surface area contributed by atoms with E-state index in [-0.39, 0.29) is 5.75 Å². The third kappa shape index (κ3) is 8.68. The maximum Gasteiger partial charge on any atom is 0.387 e. The number of rotatable bonds is 12. The Morgan fingerprint density at radius 1 is 0.627 bits per heavy atom. The summed E-state index contributed by atoms with van der Waals surface area (Å²) >= 11 is 0. The van der Waals surface area contributed by atoms with Gasteiger partial charge in [-0.3, -0.25) is 0 Å². The van der Waals surface area contributed by atoms with Crippen molar-refractivity contribution in [3.8, 4) is 45.3 Å². The Morgan fingerprint density at radius 3 is 1.51 bits per heavy atom. The van der Waals surface area contributed by atoms with Crippen LogP contribution in [0.5, 0.6) is 23.0 Å². The van der Waals surface area contributed by atoms with Crippen LogP contribution in [-0.2, 0) is 24.0 Å². The van der Waals surface area contributed by atoms with Crippen molar-refractivity contribution in [2.24, 2.45) is 0 Å². The first kappa shape index (κ1) is 38.1. The van der Waals surface area contributed by atoms with Gasteiger partial charge in [0.2, 0.25) is 6.86 Å². The van der Waals surface area contributed by atoms with E-state index in [4.69, 9.17) is 18.9 Å². The van der Waals surface area contributed by atoms with E-state index in [2.05, 4.69) is 58.9 Å². The van der Waals surface area contributed by atoms with Gasteiger partial charge in [-0.15, -0.1) is 0 Å². The monoisotopic (exact) mass is 702 g/mol. The molecule has 0 unspecified atom stereocenters. The maximum atomic E-state index is 13.1. The van der Waals surface area contributed by atoms with Crippen molar-refractivity contribution in [3.05, 3.63) is 94.0 Å². The van der Waals surface area contributed by atoms with E-state index in [1.54, 1.807) is 6.07 Å². The molecule has 4 aromatic rings. The Balaban J connectivity index is 0.000000198. The molecular weight excluding hydrogens is 649 g/mol. The van der Waals surface area contributed by atoms with Gasteiger partial charge in [-0.1, -0.05) is 87.1 Å². The highest BCUT2D eigenvalue weighted by Crippen LogP contribution is 2.52. The van der Waals surface area contributed by atoms with Crippen molar-refractivity contribution in [3.63, 3.8) is 0 Å². The first-order chi connectivity index (χ1) is 24.3. The summed E-state index contributed by atoms with van der Waals surface area (Å²) in [7, 11) is 0. The lowest BCUT2D eigenvalue weighted by molar-refractivity contribution is -0.0497. The van der Waals surface area contributed by atoms with Gasteiger partial charge in [0.1, 0.15) is 34.2 Å². The van der Waals surface area contributed by atoms with Gasteiger partial charge in [-0.2, -0.15) is 8.78 Å². The molecule has 0 bridgehead atoms. The van der Waals surface area contributed by atoms with Crippen molar-refractivity contribution in [1.29, 1.82) is 0 Å². The summed E-state index contributed by atoms with van der Waals surface area (Å²) in [5, 5.41) is 0. The lowest BCUT2D eigenvalue weighted by Gasteiger charge is -2.36. The van der Waals surface area contributed by atoms with Gasteiger partial charge >= 0.3 is 6.61 Å². The third-order valence-electron chi connectivity index (χ3n) is 9.73. The first-order valence-corrected chi connectivity index (χ1v) is 18.4. The van der Waals surface area contributed by atoms with Gasteiger partial charge in [0.05, 0.1) is 11.1 Å². The van der Waals surface area contributed by atoms with Crippen LogP contribution < -0.4 is 18.9 Å². The van der Waals surface area contributed by atoms with Gasteiger partial charge in [0, 0.05) is 11.1 Å². The second-order valence-electron chi connectivity index (χ2n) is 14.8. The molecule has 2 heterocycles. The van der Waals surface area contributed by atoms with Crippen LogP contribution in [0.1, 0.15) is 113 Å². The standard InChI is InChI=1S/C22H26F2O2.C22H27FO2/c1-5-6-7-8-15-12-18(25-21(23)24)20-16-11-14(2)9-10-17(16)22(3,4)26-19(20)13-15;1-5-6-7-8-16-12-19(24-14-23)21-17-11-15(2)9-10-18(17)22(3,4)25-20(21)13-16/h9-13,21H,5-8H2,1-4H3;9-13H,5-8,14H2,1-4H3. The molecule has 0 saturated carbocycles. The van der Waals surface area contributed by atoms with Crippen LogP contribution in [-0.4, -0.2) is 13.5 Å². The molecule has 0 radical (unpaired) electrons. The number of unbranched alkanes of at least 4 members (excludes halogenated alkanes) is 4. The van der Waals surface area contributed by atoms with Gasteiger partial charge in [-0.25, -0.2) is 4.39 Å². The van der Waals surface area contributed by atoms with Crippen LogP contribution >= 0.6 is 0 Å². The van der Waals surface area contributed by atoms with Crippen LogP contribution in [0.3, 0.4) is 0 Å². The molecule has 7 heteroatoms. The number of hydrogen-bond donors (Lipinski definition) is 0. The lowest BCUT2D eigenvalue weighted by atomic mass is 9.84. The predicted octanol–water partition coefficient (Wildman–Crippen LogP) is 13.0. The molecule has 274 valence electrons. The van der Waals surface area contributed by atoms with E-state index >= 15 is 0 Å². The van der Waals surface area contributed by atoms with Crippen molar-refractivity contribution < 1.29 is 32.1 Å². The van der Waals surface area contributed by atoms with Crippen LogP contribution in [0.2, 0.25) is 0 Å². The average Bonchev–Trinajstić information content (AvgIpc) is 3.04. The Hall–Kier alpha value is -4.13. The summed E-state index contributed by atoms with van der Waals surface area (Å²) in [6.07, 6.45) is 8.49. The average molecular weight is 703 g/mol. The molecule has 6 rings (SSSR count). The maximum absolute atomic E-state index is 13.1. The molecule has 0 spiro atoms. The largest absolute Gasteiger partial charge is 0.482 e. The molecule has 4 aromatic carbocycles. The minimum atomic E-state index is -2.87. The number of alkyl halides is 3. The van der Waals surface area contributed by atoms with E-state index < -0.39 is 24.7 Å².